The van der Waals surface area contributed by atoms with Gasteiger partial charge in [-0.2, -0.15) is 5.10 Å². The molecule has 0 bridgehead atoms. The summed E-state index contributed by atoms with van der Waals surface area (Å²) in [5, 5.41) is 14.8. The Morgan fingerprint density at radius 3 is 2.95 bits per heavy atom. The standard InChI is InChI=1S/C16H22BrN3O/c1-3-20-14(16(17)11(2)18-20)10-19-8-12-6-4-5-7-15(21)13(12)9-19/h8-9,15,21H,3-7,10H2,1-2H3. The molecule has 0 radical (unpaired) electrons. The number of hydrogen-bond acceptors (Lipinski definition) is 2. The molecular formula is C16H22BrN3O. The van der Waals surface area contributed by atoms with E-state index in [1.165, 1.54) is 17.7 Å². The van der Waals surface area contributed by atoms with Gasteiger partial charge in [0.2, 0.25) is 0 Å². The van der Waals surface area contributed by atoms with Crippen molar-refractivity contribution in [2.24, 2.45) is 0 Å². The van der Waals surface area contributed by atoms with E-state index in [1.807, 2.05) is 11.6 Å². The van der Waals surface area contributed by atoms with E-state index in [-0.39, 0.29) is 6.10 Å². The summed E-state index contributed by atoms with van der Waals surface area (Å²) in [7, 11) is 0. The van der Waals surface area contributed by atoms with Crippen LogP contribution in [0.25, 0.3) is 0 Å². The molecule has 1 unspecified atom stereocenters. The lowest BCUT2D eigenvalue weighted by molar-refractivity contribution is 0.166. The van der Waals surface area contributed by atoms with E-state index < -0.39 is 0 Å². The maximum Gasteiger partial charge on any atom is 0.0807 e. The minimum Gasteiger partial charge on any atom is -0.388 e. The van der Waals surface area contributed by atoms with E-state index >= 15 is 0 Å². The molecule has 1 aliphatic carbocycles. The second-order valence-electron chi connectivity index (χ2n) is 5.83. The van der Waals surface area contributed by atoms with Gasteiger partial charge >= 0.3 is 0 Å². The first-order valence-corrected chi connectivity index (χ1v) is 8.47. The largest absolute Gasteiger partial charge is 0.388 e. The van der Waals surface area contributed by atoms with Gasteiger partial charge in [0, 0.05) is 24.5 Å². The van der Waals surface area contributed by atoms with Crippen LogP contribution in [0, 0.1) is 6.92 Å². The Morgan fingerprint density at radius 2 is 2.19 bits per heavy atom. The second kappa shape index (κ2) is 5.97. The summed E-state index contributed by atoms with van der Waals surface area (Å²) in [5.41, 5.74) is 4.63. The number of aliphatic hydroxyl groups is 1. The lowest BCUT2D eigenvalue weighted by atomic mass is 10.1. The van der Waals surface area contributed by atoms with Crippen LogP contribution in [0.2, 0.25) is 0 Å². The van der Waals surface area contributed by atoms with Crippen molar-refractivity contribution in [2.75, 3.05) is 0 Å². The van der Waals surface area contributed by atoms with Gasteiger partial charge in [-0.25, -0.2) is 0 Å². The molecule has 2 aromatic rings. The van der Waals surface area contributed by atoms with Crippen molar-refractivity contribution in [2.45, 2.75) is 58.7 Å². The van der Waals surface area contributed by atoms with E-state index in [9.17, 15) is 5.11 Å². The minimum atomic E-state index is -0.301. The quantitative estimate of drug-likeness (QED) is 0.858. The van der Waals surface area contributed by atoms with Crippen LogP contribution in [0.15, 0.2) is 16.9 Å². The van der Waals surface area contributed by atoms with Crippen LogP contribution in [0.5, 0.6) is 0 Å². The van der Waals surface area contributed by atoms with Crippen molar-refractivity contribution < 1.29 is 5.11 Å². The molecule has 1 atom stereocenters. The molecule has 0 amide bonds. The molecule has 21 heavy (non-hydrogen) atoms. The number of aryl methyl sites for hydroxylation is 3. The smallest absolute Gasteiger partial charge is 0.0807 e. The van der Waals surface area contributed by atoms with Gasteiger partial charge in [0.25, 0.3) is 0 Å². The molecule has 3 rings (SSSR count). The summed E-state index contributed by atoms with van der Waals surface area (Å²) in [6.45, 7) is 5.78. The van der Waals surface area contributed by atoms with Crippen molar-refractivity contribution in [3.8, 4) is 0 Å². The predicted molar refractivity (Wildman–Crippen MR) is 86.4 cm³/mol. The SMILES string of the molecule is CCn1nc(C)c(Br)c1Cn1cc2c(c1)C(O)CCCC2. The van der Waals surface area contributed by atoms with E-state index in [0.29, 0.717) is 0 Å². The van der Waals surface area contributed by atoms with Crippen LogP contribution in [0.3, 0.4) is 0 Å². The Labute approximate surface area is 133 Å². The molecule has 5 heteroatoms. The number of aliphatic hydroxyl groups excluding tert-OH is 1. The van der Waals surface area contributed by atoms with E-state index in [0.717, 1.165) is 48.1 Å². The lowest BCUT2D eigenvalue weighted by Crippen LogP contribution is -2.07. The van der Waals surface area contributed by atoms with Gasteiger partial charge < -0.3 is 9.67 Å². The number of fused-ring (bicyclic) bond motifs is 1. The van der Waals surface area contributed by atoms with Crippen LogP contribution in [-0.4, -0.2) is 19.5 Å². The average molecular weight is 352 g/mol. The summed E-state index contributed by atoms with van der Waals surface area (Å²) < 4.78 is 5.32. The molecule has 2 aromatic heterocycles. The van der Waals surface area contributed by atoms with Crippen molar-refractivity contribution in [3.63, 3.8) is 0 Å². The molecule has 2 heterocycles. The van der Waals surface area contributed by atoms with Gasteiger partial charge in [-0.05, 0) is 54.6 Å². The molecular weight excluding hydrogens is 330 g/mol. The maximum atomic E-state index is 10.2. The molecule has 0 spiro atoms. The van der Waals surface area contributed by atoms with Gasteiger partial charge in [-0.15, -0.1) is 0 Å². The van der Waals surface area contributed by atoms with E-state index in [4.69, 9.17) is 0 Å². The molecule has 1 aliphatic rings. The Morgan fingerprint density at radius 1 is 1.38 bits per heavy atom. The zero-order valence-corrected chi connectivity index (χ0v) is 14.2. The van der Waals surface area contributed by atoms with Crippen LogP contribution in [0.1, 0.15) is 54.8 Å². The van der Waals surface area contributed by atoms with Crippen LogP contribution in [0.4, 0.5) is 0 Å². The number of aromatic nitrogens is 3. The Balaban J connectivity index is 1.91. The zero-order chi connectivity index (χ0) is 15.0. The molecule has 0 fully saturated rings. The van der Waals surface area contributed by atoms with Gasteiger partial charge in [-0.3, -0.25) is 4.68 Å². The monoisotopic (exact) mass is 351 g/mol. The highest BCUT2D eigenvalue weighted by Gasteiger charge is 2.19. The minimum absolute atomic E-state index is 0.301. The summed E-state index contributed by atoms with van der Waals surface area (Å²) in [4.78, 5) is 0. The predicted octanol–water partition coefficient (Wildman–Crippen LogP) is 3.58. The molecule has 1 N–H and O–H groups in total. The number of rotatable bonds is 3. The molecule has 0 saturated heterocycles. The second-order valence-corrected chi connectivity index (χ2v) is 6.63. The lowest BCUT2D eigenvalue weighted by Gasteiger charge is -2.08. The first-order valence-electron chi connectivity index (χ1n) is 7.68. The topological polar surface area (TPSA) is 43.0 Å². The van der Waals surface area contributed by atoms with E-state index in [1.54, 1.807) is 0 Å². The molecule has 0 saturated carbocycles. The summed E-state index contributed by atoms with van der Waals surface area (Å²) in [5.74, 6) is 0. The summed E-state index contributed by atoms with van der Waals surface area (Å²) in [6.07, 6.45) is 8.25. The highest BCUT2D eigenvalue weighted by Crippen LogP contribution is 2.30. The number of hydrogen-bond donors (Lipinski definition) is 1. The maximum absolute atomic E-state index is 10.2. The number of halogens is 1. The van der Waals surface area contributed by atoms with Crippen LogP contribution < -0.4 is 0 Å². The zero-order valence-electron chi connectivity index (χ0n) is 12.6. The summed E-state index contributed by atoms with van der Waals surface area (Å²) >= 11 is 3.65. The van der Waals surface area contributed by atoms with Gasteiger partial charge in [0.05, 0.1) is 28.5 Å². The highest BCUT2D eigenvalue weighted by atomic mass is 79.9. The normalized spacial score (nSPS) is 18.6. The Kier molecular flexibility index (Phi) is 4.22. The van der Waals surface area contributed by atoms with Crippen LogP contribution in [-0.2, 0) is 19.5 Å². The van der Waals surface area contributed by atoms with E-state index in [2.05, 4.69) is 44.9 Å². The van der Waals surface area contributed by atoms with Crippen molar-refractivity contribution >= 4 is 15.9 Å². The Hall–Kier alpha value is -1.07. The molecule has 0 aliphatic heterocycles. The average Bonchev–Trinajstić information content (AvgIpc) is 2.94. The highest BCUT2D eigenvalue weighted by molar-refractivity contribution is 9.10. The van der Waals surface area contributed by atoms with Gasteiger partial charge in [-0.1, -0.05) is 6.42 Å². The molecule has 4 nitrogen and oxygen atoms in total. The van der Waals surface area contributed by atoms with Crippen LogP contribution >= 0.6 is 15.9 Å². The van der Waals surface area contributed by atoms with Crippen molar-refractivity contribution in [1.29, 1.82) is 0 Å². The fourth-order valence-corrected chi connectivity index (χ4v) is 3.58. The number of nitrogens with zero attached hydrogens (tertiary/aromatic N) is 3. The molecule has 114 valence electrons. The fourth-order valence-electron chi connectivity index (χ4n) is 3.18. The van der Waals surface area contributed by atoms with Crippen molar-refractivity contribution in [3.05, 3.63) is 39.4 Å². The third kappa shape index (κ3) is 2.81. The first kappa shape index (κ1) is 14.9. The fraction of sp³-hybridized carbons (Fsp3) is 0.562. The first-order chi connectivity index (χ1) is 10.1. The van der Waals surface area contributed by atoms with Gasteiger partial charge in [0.15, 0.2) is 0 Å². The third-order valence-corrected chi connectivity index (χ3v) is 5.35. The summed E-state index contributed by atoms with van der Waals surface area (Å²) in [6, 6.07) is 0. The van der Waals surface area contributed by atoms with Gasteiger partial charge in [0.1, 0.15) is 0 Å². The molecule has 0 aromatic carbocycles. The third-order valence-electron chi connectivity index (χ3n) is 4.32. The van der Waals surface area contributed by atoms with Crippen molar-refractivity contribution in [1.82, 2.24) is 14.3 Å². The Bertz CT molecular complexity index is 644.